The highest BCUT2D eigenvalue weighted by Gasteiger charge is 2.01. The smallest absolute Gasteiger partial charge is 0.240 e. The Morgan fingerprint density at radius 3 is 2.19 bits per heavy atom. The Morgan fingerprint density at radius 1 is 0.905 bits per heavy atom. The molecule has 1 heterocycles. The van der Waals surface area contributed by atoms with Gasteiger partial charge in [0.1, 0.15) is 18.9 Å². The number of aromatic nitrogens is 2. The van der Waals surface area contributed by atoms with Gasteiger partial charge in [-0.25, -0.2) is 9.13 Å². The van der Waals surface area contributed by atoms with Crippen LogP contribution < -0.4 is 4.57 Å². The zero-order valence-corrected chi connectivity index (χ0v) is 12.2. The van der Waals surface area contributed by atoms with Gasteiger partial charge in [0.05, 0.1) is 7.05 Å². The van der Waals surface area contributed by atoms with E-state index in [2.05, 4.69) is 88.5 Å². The SMILES string of the molecule is C[n+]1ccn(Cc2ccc(/C=C/c3ccccc3)cc2)c1. The standard InChI is InChI=1S/C19H19N2/c1-20-13-14-21(16-20)15-19-11-9-18(10-12-19)8-7-17-5-3-2-4-6-17/h2-14,16H,15H2,1H3/q+1/b8-7+. The predicted molar refractivity (Wildman–Crippen MR) is 86.5 cm³/mol. The van der Waals surface area contributed by atoms with Gasteiger partial charge in [-0.1, -0.05) is 66.7 Å². The summed E-state index contributed by atoms with van der Waals surface area (Å²) in [6.45, 7) is 0.906. The summed E-state index contributed by atoms with van der Waals surface area (Å²) in [7, 11) is 2.04. The fourth-order valence-electron chi connectivity index (χ4n) is 2.30. The lowest BCUT2D eigenvalue weighted by Crippen LogP contribution is -2.23. The van der Waals surface area contributed by atoms with Crippen LogP contribution in [0.5, 0.6) is 0 Å². The Morgan fingerprint density at radius 2 is 1.57 bits per heavy atom. The van der Waals surface area contributed by atoms with E-state index in [0.717, 1.165) is 6.54 Å². The Labute approximate surface area is 125 Å². The van der Waals surface area contributed by atoms with Crippen molar-refractivity contribution in [2.75, 3.05) is 0 Å². The highest BCUT2D eigenvalue weighted by Crippen LogP contribution is 2.10. The van der Waals surface area contributed by atoms with Gasteiger partial charge >= 0.3 is 0 Å². The van der Waals surface area contributed by atoms with Crippen LogP contribution in [0.25, 0.3) is 12.2 Å². The summed E-state index contributed by atoms with van der Waals surface area (Å²) in [6.07, 6.45) is 10.5. The fraction of sp³-hybridized carbons (Fsp3) is 0.105. The molecule has 3 aromatic rings. The molecule has 21 heavy (non-hydrogen) atoms. The number of aryl methyl sites for hydroxylation is 1. The molecule has 0 saturated heterocycles. The van der Waals surface area contributed by atoms with Gasteiger partial charge in [-0.2, -0.15) is 0 Å². The molecule has 1 aromatic heterocycles. The van der Waals surface area contributed by atoms with Crippen LogP contribution in [0, 0.1) is 0 Å². The van der Waals surface area contributed by atoms with Crippen LogP contribution in [0.3, 0.4) is 0 Å². The molecule has 0 bridgehead atoms. The number of benzene rings is 2. The molecule has 3 rings (SSSR count). The van der Waals surface area contributed by atoms with Crippen molar-refractivity contribution in [3.63, 3.8) is 0 Å². The van der Waals surface area contributed by atoms with Gasteiger partial charge in [0.2, 0.25) is 6.33 Å². The van der Waals surface area contributed by atoms with Crippen molar-refractivity contribution in [1.29, 1.82) is 0 Å². The lowest BCUT2D eigenvalue weighted by Gasteiger charge is -1.99. The van der Waals surface area contributed by atoms with Crippen molar-refractivity contribution >= 4 is 12.2 Å². The van der Waals surface area contributed by atoms with Crippen LogP contribution in [0.1, 0.15) is 16.7 Å². The molecule has 0 fully saturated rings. The van der Waals surface area contributed by atoms with Gasteiger partial charge in [-0.3, -0.25) is 0 Å². The van der Waals surface area contributed by atoms with Crippen molar-refractivity contribution in [2.45, 2.75) is 6.54 Å². The maximum Gasteiger partial charge on any atom is 0.243 e. The van der Waals surface area contributed by atoms with Gasteiger partial charge in [-0.15, -0.1) is 0 Å². The largest absolute Gasteiger partial charge is 0.243 e. The quantitative estimate of drug-likeness (QED) is 0.509. The number of hydrogen-bond donors (Lipinski definition) is 0. The Hall–Kier alpha value is -2.61. The third-order valence-corrected chi connectivity index (χ3v) is 3.44. The lowest BCUT2D eigenvalue weighted by molar-refractivity contribution is -0.671. The van der Waals surface area contributed by atoms with Crippen LogP contribution in [0.4, 0.5) is 0 Å². The number of rotatable bonds is 4. The molecule has 104 valence electrons. The Kier molecular flexibility index (Phi) is 3.97. The fourth-order valence-corrected chi connectivity index (χ4v) is 2.30. The van der Waals surface area contributed by atoms with E-state index in [-0.39, 0.29) is 0 Å². The molecule has 0 aliphatic heterocycles. The van der Waals surface area contributed by atoms with Crippen LogP contribution >= 0.6 is 0 Å². The lowest BCUT2D eigenvalue weighted by atomic mass is 10.1. The van der Waals surface area contributed by atoms with Gasteiger partial charge in [-0.05, 0) is 16.7 Å². The van der Waals surface area contributed by atoms with Crippen LogP contribution in [0.2, 0.25) is 0 Å². The Bertz CT molecular complexity index is 722. The molecule has 0 N–H and O–H groups in total. The van der Waals surface area contributed by atoms with E-state index < -0.39 is 0 Å². The van der Waals surface area contributed by atoms with Crippen molar-refractivity contribution in [3.8, 4) is 0 Å². The van der Waals surface area contributed by atoms with Crippen molar-refractivity contribution in [3.05, 3.63) is 90.0 Å². The predicted octanol–water partition coefficient (Wildman–Crippen LogP) is 3.53. The molecule has 2 aromatic carbocycles. The third kappa shape index (κ3) is 3.69. The van der Waals surface area contributed by atoms with Crippen molar-refractivity contribution in [2.24, 2.45) is 7.05 Å². The molecule has 0 aliphatic rings. The molecule has 0 spiro atoms. The molecular formula is C19H19N2+. The second-order valence-electron chi connectivity index (χ2n) is 5.24. The molecular weight excluding hydrogens is 256 g/mol. The average molecular weight is 275 g/mol. The van der Waals surface area contributed by atoms with E-state index in [9.17, 15) is 0 Å². The maximum atomic E-state index is 2.19. The van der Waals surface area contributed by atoms with E-state index in [0.29, 0.717) is 0 Å². The molecule has 0 amide bonds. The normalized spacial score (nSPS) is 11.1. The first-order valence-electron chi connectivity index (χ1n) is 7.13. The molecule has 0 unspecified atom stereocenters. The summed E-state index contributed by atoms with van der Waals surface area (Å²) in [5.74, 6) is 0. The zero-order valence-electron chi connectivity index (χ0n) is 12.2. The first kappa shape index (κ1) is 13.4. The maximum absolute atomic E-state index is 2.19. The molecule has 0 aliphatic carbocycles. The third-order valence-electron chi connectivity index (χ3n) is 3.44. The summed E-state index contributed by atoms with van der Waals surface area (Å²) in [6, 6.07) is 19.1. The Balaban J connectivity index is 1.68. The highest BCUT2D eigenvalue weighted by atomic mass is 15.1. The second-order valence-corrected chi connectivity index (χ2v) is 5.24. The van der Waals surface area contributed by atoms with Crippen LogP contribution in [-0.4, -0.2) is 4.57 Å². The second kappa shape index (κ2) is 6.23. The minimum absolute atomic E-state index is 0.906. The molecule has 0 saturated carbocycles. The summed E-state index contributed by atoms with van der Waals surface area (Å²) < 4.78 is 4.23. The minimum atomic E-state index is 0.906. The van der Waals surface area contributed by atoms with E-state index in [1.165, 1.54) is 16.7 Å². The highest BCUT2D eigenvalue weighted by molar-refractivity contribution is 5.69. The zero-order chi connectivity index (χ0) is 14.5. The van der Waals surface area contributed by atoms with E-state index >= 15 is 0 Å². The van der Waals surface area contributed by atoms with Crippen molar-refractivity contribution in [1.82, 2.24) is 4.57 Å². The van der Waals surface area contributed by atoms with Gasteiger partial charge < -0.3 is 0 Å². The first-order valence-corrected chi connectivity index (χ1v) is 7.13. The van der Waals surface area contributed by atoms with Crippen molar-refractivity contribution < 1.29 is 4.57 Å². The first-order chi connectivity index (χ1) is 10.3. The molecule has 0 radical (unpaired) electrons. The number of imidazole rings is 1. The minimum Gasteiger partial charge on any atom is -0.240 e. The molecule has 0 atom stereocenters. The summed E-state index contributed by atoms with van der Waals surface area (Å²) >= 11 is 0. The van der Waals surface area contributed by atoms with E-state index in [1.54, 1.807) is 0 Å². The topological polar surface area (TPSA) is 8.81 Å². The summed E-state index contributed by atoms with van der Waals surface area (Å²) in [4.78, 5) is 0. The molecule has 2 heteroatoms. The van der Waals surface area contributed by atoms with Gasteiger partial charge in [0.25, 0.3) is 0 Å². The monoisotopic (exact) mass is 275 g/mol. The average Bonchev–Trinajstić information content (AvgIpc) is 2.93. The van der Waals surface area contributed by atoms with E-state index in [1.807, 2.05) is 13.1 Å². The summed E-state index contributed by atoms with van der Waals surface area (Å²) in [5, 5.41) is 0. The van der Waals surface area contributed by atoms with Crippen LogP contribution in [-0.2, 0) is 13.6 Å². The van der Waals surface area contributed by atoms with E-state index in [4.69, 9.17) is 0 Å². The van der Waals surface area contributed by atoms with Gasteiger partial charge in [0, 0.05) is 0 Å². The summed E-state index contributed by atoms with van der Waals surface area (Å²) in [5.41, 5.74) is 3.75. The molecule has 2 nitrogen and oxygen atoms in total. The number of hydrogen-bond acceptors (Lipinski definition) is 0. The number of nitrogens with zero attached hydrogens (tertiary/aromatic N) is 2. The van der Waals surface area contributed by atoms with Crippen LogP contribution in [0.15, 0.2) is 73.3 Å². The van der Waals surface area contributed by atoms with Gasteiger partial charge in [0.15, 0.2) is 0 Å².